The molecular formula is C13H16N2O3. The molecule has 0 bridgehead atoms. The molecule has 96 valence electrons. The van der Waals surface area contributed by atoms with Gasteiger partial charge in [-0.2, -0.15) is 0 Å². The minimum atomic E-state index is -0.323. The van der Waals surface area contributed by atoms with Crippen molar-refractivity contribution >= 4 is 17.7 Å². The quantitative estimate of drug-likeness (QED) is 0.468. The van der Waals surface area contributed by atoms with Crippen LogP contribution in [0.4, 0.5) is 11.4 Å². The van der Waals surface area contributed by atoms with Gasteiger partial charge in [-0.3, -0.25) is 10.1 Å². The molecule has 0 N–H and O–H groups in total. The summed E-state index contributed by atoms with van der Waals surface area (Å²) in [5.41, 5.74) is 1.53. The lowest BCUT2D eigenvalue weighted by atomic mass is 9.97. The van der Waals surface area contributed by atoms with Gasteiger partial charge in [0, 0.05) is 24.6 Å². The number of para-hydroxylation sites is 1. The number of aryl methyl sites for hydroxylation is 1. The Labute approximate surface area is 106 Å². The Balaban J connectivity index is 2.26. The maximum absolute atomic E-state index is 11.1. The van der Waals surface area contributed by atoms with Gasteiger partial charge in [0.2, 0.25) is 0 Å². The van der Waals surface area contributed by atoms with Crippen LogP contribution in [-0.2, 0) is 4.79 Å². The molecule has 1 aliphatic heterocycles. The number of nitro benzene ring substituents is 1. The number of carbonyl (C=O) groups is 1. The van der Waals surface area contributed by atoms with Gasteiger partial charge in [-0.1, -0.05) is 12.1 Å². The highest BCUT2D eigenvalue weighted by atomic mass is 16.6. The summed E-state index contributed by atoms with van der Waals surface area (Å²) in [5, 5.41) is 11.1. The van der Waals surface area contributed by atoms with Gasteiger partial charge >= 0.3 is 0 Å². The summed E-state index contributed by atoms with van der Waals surface area (Å²) in [6.45, 7) is 3.15. The number of benzene rings is 1. The second kappa shape index (κ2) is 5.16. The van der Waals surface area contributed by atoms with E-state index in [1.807, 2.05) is 11.0 Å². The molecule has 0 spiro atoms. The van der Waals surface area contributed by atoms with Crippen LogP contribution in [0.1, 0.15) is 18.4 Å². The molecule has 0 aromatic heterocycles. The van der Waals surface area contributed by atoms with Crippen molar-refractivity contribution in [2.24, 2.45) is 5.92 Å². The lowest BCUT2D eigenvalue weighted by molar-refractivity contribution is -0.384. The fourth-order valence-electron chi connectivity index (χ4n) is 2.41. The van der Waals surface area contributed by atoms with Crippen LogP contribution in [0.5, 0.6) is 0 Å². The Hall–Kier alpha value is -1.91. The SMILES string of the molecule is Cc1cccc(N2CCC(C=O)CC2)c1[N+](=O)[O-]. The van der Waals surface area contributed by atoms with Crippen molar-refractivity contribution in [1.29, 1.82) is 0 Å². The van der Waals surface area contributed by atoms with E-state index in [4.69, 9.17) is 0 Å². The number of carbonyl (C=O) groups excluding carboxylic acids is 1. The molecular weight excluding hydrogens is 232 g/mol. The molecule has 0 amide bonds. The summed E-state index contributed by atoms with van der Waals surface area (Å²) in [7, 11) is 0. The highest BCUT2D eigenvalue weighted by molar-refractivity contribution is 5.67. The van der Waals surface area contributed by atoms with Crippen LogP contribution in [0.15, 0.2) is 18.2 Å². The third-order valence-electron chi connectivity index (χ3n) is 3.47. The monoisotopic (exact) mass is 248 g/mol. The fraction of sp³-hybridized carbons (Fsp3) is 0.462. The summed E-state index contributed by atoms with van der Waals surface area (Å²) in [5.74, 6) is 0.102. The van der Waals surface area contributed by atoms with Crippen LogP contribution in [0, 0.1) is 23.0 Å². The van der Waals surface area contributed by atoms with E-state index >= 15 is 0 Å². The van der Waals surface area contributed by atoms with Crippen molar-refractivity contribution < 1.29 is 9.72 Å². The minimum absolute atomic E-state index is 0.102. The summed E-state index contributed by atoms with van der Waals surface area (Å²) < 4.78 is 0. The molecule has 0 aliphatic carbocycles. The van der Waals surface area contributed by atoms with Gasteiger partial charge in [-0.25, -0.2) is 0 Å². The first-order valence-electron chi connectivity index (χ1n) is 6.07. The van der Waals surface area contributed by atoms with E-state index in [-0.39, 0.29) is 16.5 Å². The highest BCUT2D eigenvalue weighted by Gasteiger charge is 2.25. The van der Waals surface area contributed by atoms with E-state index in [0.717, 1.165) is 19.1 Å². The van der Waals surface area contributed by atoms with Gasteiger partial charge in [0.05, 0.1) is 4.92 Å². The first-order chi connectivity index (χ1) is 8.63. The van der Waals surface area contributed by atoms with Crippen molar-refractivity contribution in [3.05, 3.63) is 33.9 Å². The fourth-order valence-corrected chi connectivity index (χ4v) is 2.41. The molecule has 2 rings (SSSR count). The predicted molar refractivity (Wildman–Crippen MR) is 68.8 cm³/mol. The van der Waals surface area contributed by atoms with Crippen molar-refractivity contribution in [1.82, 2.24) is 0 Å². The number of anilines is 1. The van der Waals surface area contributed by atoms with Gasteiger partial charge in [0.1, 0.15) is 12.0 Å². The summed E-state index contributed by atoms with van der Waals surface area (Å²) >= 11 is 0. The molecule has 0 unspecified atom stereocenters. The lowest BCUT2D eigenvalue weighted by Crippen LogP contribution is -2.34. The number of nitro groups is 1. The molecule has 0 radical (unpaired) electrons. The van der Waals surface area contributed by atoms with Crippen molar-refractivity contribution in [2.45, 2.75) is 19.8 Å². The number of hydrogen-bond donors (Lipinski definition) is 0. The summed E-state index contributed by atoms with van der Waals surface area (Å²) in [4.78, 5) is 23.5. The number of hydrogen-bond acceptors (Lipinski definition) is 4. The van der Waals surface area contributed by atoms with E-state index in [1.165, 1.54) is 0 Å². The first-order valence-corrected chi connectivity index (χ1v) is 6.07. The second-order valence-corrected chi connectivity index (χ2v) is 4.66. The maximum atomic E-state index is 11.1. The average molecular weight is 248 g/mol. The van der Waals surface area contributed by atoms with Gasteiger partial charge in [0.25, 0.3) is 5.69 Å². The molecule has 5 heteroatoms. The minimum Gasteiger partial charge on any atom is -0.366 e. The molecule has 1 saturated heterocycles. The molecule has 1 aromatic rings. The van der Waals surface area contributed by atoms with Crippen molar-refractivity contribution in [2.75, 3.05) is 18.0 Å². The average Bonchev–Trinajstić information content (AvgIpc) is 2.38. The zero-order valence-corrected chi connectivity index (χ0v) is 10.3. The molecule has 1 fully saturated rings. The number of nitrogens with zero attached hydrogens (tertiary/aromatic N) is 2. The van der Waals surface area contributed by atoms with Gasteiger partial charge in [-0.05, 0) is 25.8 Å². The van der Waals surface area contributed by atoms with Crippen LogP contribution in [-0.4, -0.2) is 24.3 Å². The molecule has 1 heterocycles. The Morgan fingerprint density at radius 2 is 2.06 bits per heavy atom. The molecule has 5 nitrogen and oxygen atoms in total. The number of piperidine rings is 1. The van der Waals surface area contributed by atoms with Crippen molar-refractivity contribution in [3.8, 4) is 0 Å². The van der Waals surface area contributed by atoms with E-state index < -0.39 is 0 Å². The third-order valence-corrected chi connectivity index (χ3v) is 3.47. The first kappa shape index (κ1) is 12.5. The van der Waals surface area contributed by atoms with E-state index in [9.17, 15) is 14.9 Å². The van der Waals surface area contributed by atoms with E-state index in [1.54, 1.807) is 19.1 Å². The highest BCUT2D eigenvalue weighted by Crippen LogP contribution is 2.33. The molecule has 1 aromatic carbocycles. The van der Waals surface area contributed by atoms with Crippen LogP contribution >= 0.6 is 0 Å². The number of aldehydes is 1. The molecule has 0 saturated carbocycles. The number of rotatable bonds is 3. The standard InChI is InChI=1S/C13H16N2O3/c1-10-3-2-4-12(13(10)15(17)18)14-7-5-11(9-16)6-8-14/h2-4,9,11H,5-8H2,1H3. The van der Waals surface area contributed by atoms with Crippen LogP contribution in [0.25, 0.3) is 0 Å². The summed E-state index contributed by atoms with van der Waals surface area (Å²) in [6, 6.07) is 5.37. The molecule has 18 heavy (non-hydrogen) atoms. The van der Waals surface area contributed by atoms with Crippen LogP contribution < -0.4 is 4.90 Å². The Kier molecular flexibility index (Phi) is 3.60. The normalized spacial score (nSPS) is 16.6. The van der Waals surface area contributed by atoms with E-state index in [0.29, 0.717) is 24.3 Å². The molecule has 1 aliphatic rings. The predicted octanol–water partition coefficient (Wildman–Crippen LogP) is 2.32. The zero-order valence-electron chi connectivity index (χ0n) is 10.3. The lowest BCUT2D eigenvalue weighted by Gasteiger charge is -2.31. The Bertz CT molecular complexity index is 465. The van der Waals surface area contributed by atoms with E-state index in [2.05, 4.69) is 0 Å². The molecule has 0 atom stereocenters. The largest absolute Gasteiger partial charge is 0.366 e. The summed E-state index contributed by atoms with van der Waals surface area (Å²) in [6.07, 6.45) is 2.53. The Morgan fingerprint density at radius 1 is 1.39 bits per heavy atom. The third kappa shape index (κ3) is 2.34. The topological polar surface area (TPSA) is 63.5 Å². The Morgan fingerprint density at radius 3 is 2.61 bits per heavy atom. The van der Waals surface area contributed by atoms with Crippen molar-refractivity contribution in [3.63, 3.8) is 0 Å². The van der Waals surface area contributed by atoms with Gasteiger partial charge in [0.15, 0.2) is 0 Å². The zero-order chi connectivity index (χ0) is 13.1. The smallest absolute Gasteiger partial charge is 0.295 e. The maximum Gasteiger partial charge on any atom is 0.295 e. The van der Waals surface area contributed by atoms with Crippen LogP contribution in [0.2, 0.25) is 0 Å². The van der Waals surface area contributed by atoms with Gasteiger partial charge < -0.3 is 9.69 Å². The van der Waals surface area contributed by atoms with Crippen LogP contribution in [0.3, 0.4) is 0 Å². The van der Waals surface area contributed by atoms with Gasteiger partial charge in [-0.15, -0.1) is 0 Å². The second-order valence-electron chi connectivity index (χ2n) is 4.66.